The Balaban J connectivity index is 1.11. The van der Waals surface area contributed by atoms with Crippen molar-refractivity contribution in [2.75, 3.05) is 9.80 Å². The fourth-order valence-electron chi connectivity index (χ4n) is 7.73. The van der Waals surface area contributed by atoms with Gasteiger partial charge in [-0.05, 0) is 121 Å². The van der Waals surface area contributed by atoms with E-state index in [1.165, 1.54) is 33.6 Å². The van der Waals surface area contributed by atoms with Crippen molar-refractivity contribution in [1.29, 1.82) is 0 Å². The van der Waals surface area contributed by atoms with E-state index in [9.17, 15) is 0 Å². The maximum Gasteiger partial charge on any atom is 0.168 e. The van der Waals surface area contributed by atoms with Gasteiger partial charge in [0.05, 0.1) is 0 Å². The Kier molecular flexibility index (Phi) is 8.17. The van der Waals surface area contributed by atoms with Crippen LogP contribution in [0.2, 0.25) is 0 Å². The summed E-state index contributed by atoms with van der Waals surface area (Å²) in [6, 6.07) is 62.3. The number of nitrogens with zero attached hydrogens (tertiary/aromatic N) is 5. The zero-order chi connectivity index (χ0) is 35.9. The van der Waals surface area contributed by atoms with E-state index in [1.54, 1.807) is 0 Å². The standard InChI is InChI=1S/C48H39N5/c1-33-15-7-11-21-43(33)51(44-22-12-8-16-34(44)2)39-29-25-36(26-30-39)47-49-50-48(53(47)38-17-5-4-6-18-38)37-27-31-40(32-28-37)52-45-23-13-9-19-41(45)35(3)42-20-10-14-24-46(42)52/h4-32,35H,1-3H3. The van der Waals surface area contributed by atoms with Crippen LogP contribution in [-0.2, 0) is 0 Å². The van der Waals surface area contributed by atoms with Gasteiger partial charge in [-0.2, -0.15) is 0 Å². The first kappa shape index (κ1) is 32.2. The van der Waals surface area contributed by atoms with Crippen molar-refractivity contribution in [3.63, 3.8) is 0 Å². The van der Waals surface area contributed by atoms with Gasteiger partial charge in [-0.3, -0.25) is 4.57 Å². The zero-order valence-corrected chi connectivity index (χ0v) is 30.1. The summed E-state index contributed by atoms with van der Waals surface area (Å²) in [5, 5.41) is 9.66. The van der Waals surface area contributed by atoms with Crippen LogP contribution in [-0.4, -0.2) is 14.8 Å². The molecule has 0 fully saturated rings. The molecule has 5 nitrogen and oxygen atoms in total. The molecule has 1 aliphatic rings. The van der Waals surface area contributed by atoms with Gasteiger partial charge in [-0.15, -0.1) is 10.2 Å². The van der Waals surface area contributed by atoms with Crippen molar-refractivity contribution < 1.29 is 0 Å². The van der Waals surface area contributed by atoms with Gasteiger partial charge in [0.1, 0.15) is 0 Å². The topological polar surface area (TPSA) is 37.2 Å². The van der Waals surface area contributed by atoms with Gasteiger partial charge >= 0.3 is 0 Å². The van der Waals surface area contributed by atoms with E-state index in [4.69, 9.17) is 10.2 Å². The summed E-state index contributed by atoms with van der Waals surface area (Å²) in [5.41, 5.74) is 15.0. The quantitative estimate of drug-likeness (QED) is 0.167. The Bertz CT molecular complexity index is 2460. The Morgan fingerprint density at radius 1 is 0.453 bits per heavy atom. The molecule has 0 saturated carbocycles. The van der Waals surface area contributed by atoms with Gasteiger partial charge in [0.2, 0.25) is 0 Å². The first-order valence-corrected chi connectivity index (χ1v) is 18.2. The van der Waals surface area contributed by atoms with Crippen LogP contribution in [0, 0.1) is 13.8 Å². The first-order valence-electron chi connectivity index (χ1n) is 18.2. The summed E-state index contributed by atoms with van der Waals surface area (Å²) < 4.78 is 2.16. The number of hydrogen-bond acceptors (Lipinski definition) is 4. The number of rotatable bonds is 7. The van der Waals surface area contributed by atoms with E-state index in [-0.39, 0.29) is 0 Å². The van der Waals surface area contributed by atoms with Crippen molar-refractivity contribution in [3.8, 4) is 28.5 Å². The van der Waals surface area contributed by atoms with Crippen LogP contribution in [0.15, 0.2) is 176 Å². The third-order valence-corrected chi connectivity index (χ3v) is 10.4. The second-order valence-corrected chi connectivity index (χ2v) is 13.7. The molecule has 0 unspecified atom stereocenters. The normalized spacial score (nSPS) is 12.3. The number of anilines is 6. The molecule has 0 bridgehead atoms. The molecule has 8 aromatic rings. The van der Waals surface area contributed by atoms with E-state index < -0.39 is 0 Å². The predicted octanol–water partition coefficient (Wildman–Crippen LogP) is 12.6. The van der Waals surface area contributed by atoms with E-state index in [0.717, 1.165) is 51.2 Å². The molecule has 53 heavy (non-hydrogen) atoms. The van der Waals surface area contributed by atoms with Crippen LogP contribution < -0.4 is 9.80 Å². The number of fused-ring (bicyclic) bond motifs is 2. The molecule has 0 saturated heterocycles. The highest BCUT2D eigenvalue weighted by Gasteiger charge is 2.28. The van der Waals surface area contributed by atoms with Crippen molar-refractivity contribution in [2.24, 2.45) is 0 Å². The van der Waals surface area contributed by atoms with E-state index in [0.29, 0.717) is 5.92 Å². The van der Waals surface area contributed by atoms with Gasteiger partial charge in [0, 0.05) is 56.9 Å². The Morgan fingerprint density at radius 2 is 0.906 bits per heavy atom. The Hall–Kier alpha value is -6.72. The highest BCUT2D eigenvalue weighted by molar-refractivity contribution is 5.85. The van der Waals surface area contributed by atoms with Gasteiger partial charge < -0.3 is 9.80 Å². The minimum absolute atomic E-state index is 0.322. The summed E-state index contributed by atoms with van der Waals surface area (Å²) in [7, 11) is 0. The highest BCUT2D eigenvalue weighted by Crippen LogP contribution is 2.49. The van der Waals surface area contributed by atoms with E-state index in [2.05, 4.69) is 205 Å². The lowest BCUT2D eigenvalue weighted by molar-refractivity contribution is 0.892. The third kappa shape index (κ3) is 5.67. The molecule has 7 aromatic carbocycles. The molecule has 0 N–H and O–H groups in total. The summed E-state index contributed by atoms with van der Waals surface area (Å²) >= 11 is 0. The lowest BCUT2D eigenvalue weighted by Crippen LogP contribution is -2.20. The molecule has 256 valence electrons. The van der Waals surface area contributed by atoms with Crippen molar-refractivity contribution >= 4 is 34.1 Å². The molecular weight excluding hydrogens is 647 g/mol. The maximum atomic E-state index is 4.83. The summed E-state index contributed by atoms with van der Waals surface area (Å²) in [4.78, 5) is 4.71. The lowest BCUT2D eigenvalue weighted by Gasteiger charge is -2.36. The summed E-state index contributed by atoms with van der Waals surface area (Å²) in [5.74, 6) is 1.90. The minimum atomic E-state index is 0.322. The molecule has 2 heterocycles. The highest BCUT2D eigenvalue weighted by atomic mass is 15.3. The molecule has 0 radical (unpaired) electrons. The monoisotopic (exact) mass is 685 g/mol. The Labute approximate surface area is 311 Å². The molecule has 0 aliphatic carbocycles. The molecule has 9 rings (SSSR count). The van der Waals surface area contributed by atoms with Gasteiger partial charge in [0.25, 0.3) is 0 Å². The number of hydrogen-bond donors (Lipinski definition) is 0. The van der Waals surface area contributed by atoms with E-state index >= 15 is 0 Å². The molecule has 1 aromatic heterocycles. The third-order valence-electron chi connectivity index (χ3n) is 10.4. The lowest BCUT2D eigenvalue weighted by atomic mass is 9.86. The maximum absolute atomic E-state index is 4.83. The van der Waals surface area contributed by atoms with E-state index in [1.807, 2.05) is 6.07 Å². The molecule has 1 aliphatic heterocycles. The fourth-order valence-corrected chi connectivity index (χ4v) is 7.73. The molecule has 0 spiro atoms. The zero-order valence-electron chi connectivity index (χ0n) is 30.1. The number of benzene rings is 7. The van der Waals surface area contributed by atoms with Crippen LogP contribution in [0.5, 0.6) is 0 Å². The second-order valence-electron chi connectivity index (χ2n) is 13.7. The van der Waals surface area contributed by atoms with Crippen molar-refractivity contribution in [1.82, 2.24) is 14.8 Å². The van der Waals surface area contributed by atoms with Crippen LogP contribution in [0.25, 0.3) is 28.5 Å². The number of aromatic nitrogens is 3. The first-order chi connectivity index (χ1) is 26.1. The SMILES string of the molecule is Cc1ccccc1N(c1ccc(-c2nnc(-c3ccc(N4c5ccccc5C(C)c5ccccc54)cc3)n2-c2ccccc2)cc1)c1ccccc1C. The van der Waals surface area contributed by atoms with Gasteiger partial charge in [0.15, 0.2) is 11.6 Å². The summed E-state index contributed by atoms with van der Waals surface area (Å²) in [6.45, 7) is 6.62. The van der Waals surface area contributed by atoms with Gasteiger partial charge in [-0.1, -0.05) is 97.9 Å². The second kappa shape index (κ2) is 13.4. The van der Waals surface area contributed by atoms with Crippen LogP contribution in [0.4, 0.5) is 34.1 Å². The smallest absolute Gasteiger partial charge is 0.168 e. The van der Waals surface area contributed by atoms with Crippen LogP contribution in [0.1, 0.15) is 35.1 Å². The molecule has 0 amide bonds. The predicted molar refractivity (Wildman–Crippen MR) is 219 cm³/mol. The van der Waals surface area contributed by atoms with Crippen molar-refractivity contribution in [3.05, 3.63) is 198 Å². The number of para-hydroxylation sites is 5. The largest absolute Gasteiger partial charge is 0.310 e. The van der Waals surface area contributed by atoms with Crippen LogP contribution >= 0.6 is 0 Å². The fraction of sp³-hybridized carbons (Fsp3) is 0.0833. The minimum Gasteiger partial charge on any atom is -0.310 e. The number of aryl methyl sites for hydroxylation is 2. The van der Waals surface area contributed by atoms with Crippen LogP contribution in [0.3, 0.4) is 0 Å². The van der Waals surface area contributed by atoms with Crippen molar-refractivity contribution in [2.45, 2.75) is 26.7 Å². The summed E-state index contributed by atoms with van der Waals surface area (Å²) in [6.07, 6.45) is 0. The molecule has 5 heteroatoms. The van der Waals surface area contributed by atoms with Gasteiger partial charge in [-0.25, -0.2) is 0 Å². The molecule has 0 atom stereocenters. The Morgan fingerprint density at radius 3 is 1.43 bits per heavy atom. The average molecular weight is 686 g/mol. The average Bonchev–Trinajstić information content (AvgIpc) is 3.66. The molecular formula is C48H39N5.